The smallest absolute Gasteiger partial charge is 0.137 e. The van der Waals surface area contributed by atoms with Crippen LogP contribution in [0.15, 0.2) is 71.9 Å². The molecule has 0 amide bonds. The molecule has 0 radical (unpaired) electrons. The largest absolute Gasteiger partial charge is 0.495 e. The standard InChI is InChI=1S/C23H16N6O2/c1-30-15-8-14(10-24-11-15)17-2-3-19-22(27-17)23(29-28-19)20-9-16-18(26-20)4-6-25-21(16)13-5-7-31-12-13/h2-12,26H,1H3,(H,28,29). The summed E-state index contributed by atoms with van der Waals surface area (Å²) in [6.45, 7) is 0. The van der Waals surface area contributed by atoms with Gasteiger partial charge in [0, 0.05) is 34.4 Å². The van der Waals surface area contributed by atoms with Crippen LogP contribution in [-0.4, -0.2) is 37.2 Å². The summed E-state index contributed by atoms with van der Waals surface area (Å²) >= 11 is 0. The highest BCUT2D eigenvalue weighted by Crippen LogP contribution is 2.33. The highest BCUT2D eigenvalue weighted by molar-refractivity contribution is 5.99. The zero-order valence-corrected chi connectivity index (χ0v) is 16.5. The maximum absolute atomic E-state index is 5.29. The van der Waals surface area contributed by atoms with Crippen molar-refractivity contribution >= 4 is 21.9 Å². The van der Waals surface area contributed by atoms with Crippen LogP contribution in [0.3, 0.4) is 0 Å². The number of hydrogen-bond donors (Lipinski definition) is 2. The maximum Gasteiger partial charge on any atom is 0.137 e. The molecule has 2 N–H and O–H groups in total. The molecule has 0 bridgehead atoms. The maximum atomic E-state index is 5.29. The number of rotatable bonds is 4. The Morgan fingerprint density at radius 3 is 2.81 bits per heavy atom. The Hall–Kier alpha value is -4.46. The normalized spacial score (nSPS) is 11.4. The van der Waals surface area contributed by atoms with Gasteiger partial charge in [0.1, 0.15) is 17.0 Å². The first-order valence-corrected chi connectivity index (χ1v) is 9.65. The number of methoxy groups -OCH3 is 1. The number of ether oxygens (including phenoxy) is 1. The fourth-order valence-electron chi connectivity index (χ4n) is 3.73. The summed E-state index contributed by atoms with van der Waals surface area (Å²) in [5, 5.41) is 8.58. The van der Waals surface area contributed by atoms with E-state index in [0.717, 1.165) is 55.8 Å². The van der Waals surface area contributed by atoms with E-state index in [9.17, 15) is 0 Å². The number of hydrogen-bond acceptors (Lipinski definition) is 6. The molecule has 0 fully saturated rings. The zero-order chi connectivity index (χ0) is 20.8. The highest BCUT2D eigenvalue weighted by Gasteiger charge is 2.16. The molecule has 6 aromatic heterocycles. The Morgan fingerprint density at radius 1 is 0.968 bits per heavy atom. The van der Waals surface area contributed by atoms with Crippen LogP contribution in [0.4, 0.5) is 0 Å². The summed E-state index contributed by atoms with van der Waals surface area (Å²) in [7, 11) is 1.62. The lowest BCUT2D eigenvalue weighted by Gasteiger charge is -2.04. The number of nitrogens with zero attached hydrogens (tertiary/aromatic N) is 4. The van der Waals surface area contributed by atoms with E-state index in [1.54, 1.807) is 38.2 Å². The summed E-state index contributed by atoms with van der Waals surface area (Å²) in [5.74, 6) is 0.682. The third-order valence-corrected chi connectivity index (χ3v) is 5.25. The lowest BCUT2D eigenvalue weighted by Crippen LogP contribution is -1.89. The van der Waals surface area contributed by atoms with Crippen LogP contribution in [0.25, 0.3) is 55.8 Å². The van der Waals surface area contributed by atoms with E-state index in [0.29, 0.717) is 5.75 Å². The van der Waals surface area contributed by atoms with Crippen molar-refractivity contribution in [2.24, 2.45) is 0 Å². The van der Waals surface area contributed by atoms with E-state index in [1.165, 1.54) is 0 Å². The van der Waals surface area contributed by atoms with Crippen LogP contribution in [0.1, 0.15) is 0 Å². The number of H-pyrrole nitrogens is 2. The quantitative estimate of drug-likeness (QED) is 0.433. The van der Waals surface area contributed by atoms with Gasteiger partial charge < -0.3 is 14.1 Å². The van der Waals surface area contributed by atoms with E-state index in [1.807, 2.05) is 36.4 Å². The fourth-order valence-corrected chi connectivity index (χ4v) is 3.73. The molecule has 0 aliphatic carbocycles. The molecule has 8 nitrogen and oxygen atoms in total. The monoisotopic (exact) mass is 408 g/mol. The Morgan fingerprint density at radius 2 is 1.94 bits per heavy atom. The van der Waals surface area contributed by atoms with Crippen molar-refractivity contribution in [3.8, 4) is 39.7 Å². The number of aromatic amines is 2. The van der Waals surface area contributed by atoms with Crippen LogP contribution in [0, 0.1) is 0 Å². The summed E-state index contributed by atoms with van der Waals surface area (Å²) in [4.78, 5) is 17.1. The zero-order valence-electron chi connectivity index (χ0n) is 16.5. The molecule has 6 aromatic rings. The SMILES string of the molecule is COc1cncc(-c2ccc3[nH]nc(-c4cc5c(-c6ccoc6)nccc5[nH]4)c3n2)c1. The van der Waals surface area contributed by atoms with Gasteiger partial charge in [-0.2, -0.15) is 5.10 Å². The van der Waals surface area contributed by atoms with Crippen LogP contribution in [0.2, 0.25) is 0 Å². The first-order chi connectivity index (χ1) is 15.3. The van der Waals surface area contributed by atoms with Crippen molar-refractivity contribution in [1.29, 1.82) is 0 Å². The van der Waals surface area contributed by atoms with E-state index in [4.69, 9.17) is 14.1 Å². The third-order valence-electron chi connectivity index (χ3n) is 5.25. The average Bonchev–Trinajstić information content (AvgIpc) is 3.57. The third kappa shape index (κ3) is 2.84. The van der Waals surface area contributed by atoms with Crippen molar-refractivity contribution in [3.05, 3.63) is 67.5 Å². The summed E-state index contributed by atoms with van der Waals surface area (Å²) < 4.78 is 10.5. The highest BCUT2D eigenvalue weighted by atomic mass is 16.5. The molecule has 0 saturated heterocycles. The number of fused-ring (bicyclic) bond motifs is 2. The van der Waals surface area contributed by atoms with Gasteiger partial charge in [-0.05, 0) is 36.4 Å². The molecule has 0 saturated carbocycles. The average molecular weight is 408 g/mol. The van der Waals surface area contributed by atoms with Gasteiger partial charge in [-0.1, -0.05) is 0 Å². The van der Waals surface area contributed by atoms with Crippen LogP contribution < -0.4 is 4.74 Å². The van der Waals surface area contributed by atoms with Crippen molar-refractivity contribution in [3.63, 3.8) is 0 Å². The Kier molecular flexibility index (Phi) is 3.82. The predicted molar refractivity (Wildman–Crippen MR) is 116 cm³/mol. The molecule has 0 unspecified atom stereocenters. The Labute approximate surface area is 176 Å². The van der Waals surface area contributed by atoms with E-state index >= 15 is 0 Å². The predicted octanol–water partition coefficient (Wildman–Crippen LogP) is 4.83. The van der Waals surface area contributed by atoms with Gasteiger partial charge in [0.15, 0.2) is 0 Å². The van der Waals surface area contributed by atoms with Gasteiger partial charge in [0.05, 0.1) is 48.4 Å². The van der Waals surface area contributed by atoms with Crippen molar-refractivity contribution in [2.45, 2.75) is 0 Å². The number of nitrogens with one attached hydrogen (secondary N) is 2. The minimum atomic E-state index is 0.682. The molecule has 31 heavy (non-hydrogen) atoms. The minimum absolute atomic E-state index is 0.682. The van der Waals surface area contributed by atoms with E-state index < -0.39 is 0 Å². The molecule has 0 atom stereocenters. The molecule has 0 aliphatic heterocycles. The van der Waals surface area contributed by atoms with E-state index in [2.05, 4.69) is 25.1 Å². The fraction of sp³-hybridized carbons (Fsp3) is 0.0435. The molecule has 6 rings (SSSR count). The van der Waals surface area contributed by atoms with Crippen molar-refractivity contribution in [1.82, 2.24) is 30.1 Å². The van der Waals surface area contributed by atoms with Crippen LogP contribution in [-0.2, 0) is 0 Å². The summed E-state index contributed by atoms with van der Waals surface area (Å²) in [6.07, 6.45) is 8.54. The summed E-state index contributed by atoms with van der Waals surface area (Å²) in [6, 6.07) is 11.7. The molecular formula is C23H16N6O2. The first kappa shape index (κ1) is 17.4. The number of pyridine rings is 3. The van der Waals surface area contributed by atoms with Crippen LogP contribution in [0.5, 0.6) is 5.75 Å². The minimum Gasteiger partial charge on any atom is -0.495 e. The van der Waals surface area contributed by atoms with Gasteiger partial charge in [0.2, 0.25) is 0 Å². The number of furan rings is 1. The molecular weight excluding hydrogens is 392 g/mol. The molecule has 150 valence electrons. The van der Waals surface area contributed by atoms with Crippen molar-refractivity contribution < 1.29 is 9.15 Å². The van der Waals surface area contributed by atoms with Crippen molar-refractivity contribution in [2.75, 3.05) is 7.11 Å². The second-order valence-corrected chi connectivity index (χ2v) is 7.09. The molecule has 0 aromatic carbocycles. The summed E-state index contributed by atoms with van der Waals surface area (Å²) in [5.41, 5.74) is 7.61. The second kappa shape index (κ2) is 6.81. The Bertz CT molecular complexity index is 1530. The van der Waals surface area contributed by atoms with Gasteiger partial charge in [0.25, 0.3) is 0 Å². The first-order valence-electron chi connectivity index (χ1n) is 9.65. The topological polar surface area (TPSA) is 106 Å². The van der Waals surface area contributed by atoms with Gasteiger partial charge in [-0.3, -0.25) is 15.1 Å². The van der Waals surface area contributed by atoms with Gasteiger partial charge in [-0.15, -0.1) is 0 Å². The molecule has 8 heteroatoms. The number of aromatic nitrogens is 6. The lowest BCUT2D eigenvalue weighted by molar-refractivity contribution is 0.413. The van der Waals surface area contributed by atoms with E-state index in [-0.39, 0.29) is 0 Å². The molecule has 0 aliphatic rings. The van der Waals surface area contributed by atoms with Crippen LogP contribution >= 0.6 is 0 Å². The Balaban J connectivity index is 1.50. The van der Waals surface area contributed by atoms with Gasteiger partial charge >= 0.3 is 0 Å². The second-order valence-electron chi connectivity index (χ2n) is 7.09. The molecule has 0 spiro atoms. The van der Waals surface area contributed by atoms with Gasteiger partial charge in [-0.25, -0.2) is 4.98 Å². The molecule has 6 heterocycles. The lowest BCUT2D eigenvalue weighted by atomic mass is 10.1.